The molecule has 0 aliphatic carbocycles. The van der Waals surface area contributed by atoms with E-state index < -0.39 is 0 Å². The van der Waals surface area contributed by atoms with Gasteiger partial charge in [-0.2, -0.15) is 0 Å². The summed E-state index contributed by atoms with van der Waals surface area (Å²) in [5, 5.41) is 3.81. The van der Waals surface area contributed by atoms with Crippen LogP contribution in [0.1, 0.15) is 36.2 Å². The number of para-hydroxylation sites is 1. The number of aromatic nitrogens is 1. The molecule has 1 N–H and O–H groups in total. The quantitative estimate of drug-likeness (QED) is 0.567. The van der Waals surface area contributed by atoms with Gasteiger partial charge in [-0.25, -0.2) is 0 Å². The van der Waals surface area contributed by atoms with Gasteiger partial charge in [-0.1, -0.05) is 32.0 Å². The number of fused-ring (bicyclic) bond motifs is 2. The third kappa shape index (κ3) is 4.42. The van der Waals surface area contributed by atoms with E-state index in [0.717, 1.165) is 22.9 Å². The van der Waals surface area contributed by atoms with Crippen LogP contribution < -0.4 is 19.5 Å². The molecular weight excluding hydrogens is 408 g/mol. The molecule has 3 aromatic rings. The predicted octanol–water partition coefficient (Wildman–Crippen LogP) is 3.97. The highest BCUT2D eigenvalue weighted by atomic mass is 16.5. The summed E-state index contributed by atoms with van der Waals surface area (Å²) in [6.45, 7) is 5.34. The van der Waals surface area contributed by atoms with Gasteiger partial charge in [0.15, 0.2) is 17.3 Å². The largest absolute Gasteiger partial charge is 0.496 e. The number of ether oxygens (including phenoxy) is 3. The molecule has 1 amide bonds. The molecule has 0 fully saturated rings. The summed E-state index contributed by atoms with van der Waals surface area (Å²) < 4.78 is 18.8. The Bertz CT molecular complexity index is 1150. The van der Waals surface area contributed by atoms with Crippen molar-refractivity contribution < 1.29 is 23.8 Å². The standard InChI is InChI=1S/C25H28N2O5/c1-16(2)25(29)19-14-27(20-8-5-4-7-18(19)20)15-24(28)26-13-17-11-22-23(12-21(17)30-3)32-10-6-9-31-22/h4-5,7-8,11-12,14,16H,6,9-10,13,15H2,1-3H3,(H,26,28). The average Bonchev–Trinajstić information content (AvgIpc) is 2.98. The van der Waals surface area contributed by atoms with Gasteiger partial charge in [-0.05, 0) is 12.1 Å². The van der Waals surface area contributed by atoms with E-state index in [1.165, 1.54) is 0 Å². The van der Waals surface area contributed by atoms with Crippen LogP contribution in [0.4, 0.5) is 0 Å². The lowest BCUT2D eigenvalue weighted by Crippen LogP contribution is -2.27. The monoisotopic (exact) mass is 436 g/mol. The van der Waals surface area contributed by atoms with E-state index in [9.17, 15) is 9.59 Å². The van der Waals surface area contributed by atoms with Gasteiger partial charge in [-0.3, -0.25) is 9.59 Å². The summed E-state index contributed by atoms with van der Waals surface area (Å²) in [7, 11) is 1.59. The molecule has 7 nitrogen and oxygen atoms in total. The molecule has 2 heterocycles. The zero-order chi connectivity index (χ0) is 22.7. The number of rotatable bonds is 7. The van der Waals surface area contributed by atoms with Gasteiger partial charge in [0.1, 0.15) is 12.3 Å². The first-order chi connectivity index (χ1) is 15.5. The molecule has 0 bridgehead atoms. The lowest BCUT2D eigenvalue weighted by atomic mass is 10.0. The van der Waals surface area contributed by atoms with Crippen molar-refractivity contribution in [3.8, 4) is 17.2 Å². The van der Waals surface area contributed by atoms with Crippen LogP contribution >= 0.6 is 0 Å². The Morgan fingerprint density at radius 1 is 1.12 bits per heavy atom. The second-order valence-corrected chi connectivity index (χ2v) is 8.14. The van der Waals surface area contributed by atoms with Crippen LogP contribution in [0.25, 0.3) is 10.9 Å². The molecule has 0 spiro atoms. The van der Waals surface area contributed by atoms with Gasteiger partial charge >= 0.3 is 0 Å². The molecule has 1 aliphatic heterocycles. The molecule has 168 valence electrons. The topological polar surface area (TPSA) is 78.8 Å². The number of hydrogen-bond acceptors (Lipinski definition) is 5. The minimum absolute atomic E-state index is 0.0669. The lowest BCUT2D eigenvalue weighted by Gasteiger charge is -2.14. The molecule has 0 radical (unpaired) electrons. The van der Waals surface area contributed by atoms with Crippen LogP contribution in [-0.4, -0.2) is 36.6 Å². The number of methoxy groups -OCH3 is 1. The number of Topliss-reactive ketones (excluding diaryl/α,β-unsaturated/α-hetero) is 1. The summed E-state index contributed by atoms with van der Waals surface area (Å²) in [6.07, 6.45) is 2.59. The zero-order valence-corrected chi connectivity index (χ0v) is 18.6. The molecular formula is C25H28N2O5. The first-order valence-electron chi connectivity index (χ1n) is 10.8. The summed E-state index contributed by atoms with van der Waals surface area (Å²) in [5.74, 6) is 1.72. The smallest absolute Gasteiger partial charge is 0.240 e. The van der Waals surface area contributed by atoms with Gasteiger partial charge in [0.05, 0.1) is 20.3 Å². The summed E-state index contributed by atoms with van der Waals surface area (Å²) in [6, 6.07) is 11.3. The maximum Gasteiger partial charge on any atom is 0.240 e. The van der Waals surface area contributed by atoms with Crippen LogP contribution in [-0.2, 0) is 17.9 Å². The molecule has 4 rings (SSSR count). The molecule has 0 unspecified atom stereocenters. The Balaban J connectivity index is 1.51. The third-order valence-electron chi connectivity index (χ3n) is 5.52. The summed E-state index contributed by atoms with van der Waals surface area (Å²) >= 11 is 0. The lowest BCUT2D eigenvalue weighted by molar-refractivity contribution is -0.121. The van der Waals surface area contributed by atoms with E-state index in [4.69, 9.17) is 14.2 Å². The van der Waals surface area contributed by atoms with E-state index in [-0.39, 0.29) is 30.7 Å². The first kappa shape index (κ1) is 21.7. The van der Waals surface area contributed by atoms with Crippen LogP contribution in [0, 0.1) is 5.92 Å². The van der Waals surface area contributed by atoms with Crippen LogP contribution in [0.15, 0.2) is 42.6 Å². The van der Waals surface area contributed by atoms with Crippen molar-refractivity contribution in [1.82, 2.24) is 9.88 Å². The molecule has 2 aromatic carbocycles. The molecule has 32 heavy (non-hydrogen) atoms. The summed E-state index contributed by atoms with van der Waals surface area (Å²) in [5.41, 5.74) is 2.31. The second kappa shape index (κ2) is 9.34. The van der Waals surface area contributed by atoms with Crippen molar-refractivity contribution >= 4 is 22.6 Å². The molecule has 0 saturated carbocycles. The van der Waals surface area contributed by atoms with Crippen molar-refractivity contribution in [3.05, 3.63) is 53.7 Å². The van der Waals surface area contributed by atoms with Gasteiger partial charge in [0.25, 0.3) is 0 Å². The van der Waals surface area contributed by atoms with Crippen LogP contribution in [0.3, 0.4) is 0 Å². The van der Waals surface area contributed by atoms with Crippen molar-refractivity contribution in [2.24, 2.45) is 5.92 Å². The van der Waals surface area contributed by atoms with Crippen LogP contribution in [0.2, 0.25) is 0 Å². The third-order valence-corrected chi connectivity index (χ3v) is 5.52. The Morgan fingerprint density at radius 2 is 1.84 bits per heavy atom. The Labute approximate surface area is 187 Å². The Kier molecular flexibility index (Phi) is 6.35. The number of carbonyl (C=O) groups excluding carboxylic acids is 2. The molecule has 7 heteroatoms. The van der Waals surface area contributed by atoms with Gasteiger partial charge in [0.2, 0.25) is 5.91 Å². The van der Waals surface area contributed by atoms with E-state index >= 15 is 0 Å². The minimum Gasteiger partial charge on any atom is -0.496 e. The number of amides is 1. The minimum atomic E-state index is -0.163. The van der Waals surface area contributed by atoms with E-state index in [1.54, 1.807) is 19.4 Å². The Hall–Kier alpha value is -3.48. The number of ketones is 1. The van der Waals surface area contributed by atoms with E-state index in [2.05, 4.69) is 5.32 Å². The zero-order valence-electron chi connectivity index (χ0n) is 18.6. The normalized spacial score (nSPS) is 13.1. The number of nitrogens with one attached hydrogen (secondary N) is 1. The average molecular weight is 437 g/mol. The molecule has 0 atom stereocenters. The van der Waals surface area contributed by atoms with Gasteiger partial charge in [0, 0.05) is 53.2 Å². The highest BCUT2D eigenvalue weighted by Crippen LogP contribution is 2.36. The number of hydrogen-bond donors (Lipinski definition) is 1. The maximum absolute atomic E-state index is 12.8. The first-order valence-corrected chi connectivity index (χ1v) is 10.8. The fourth-order valence-corrected chi connectivity index (χ4v) is 3.85. The van der Waals surface area contributed by atoms with E-state index in [1.807, 2.05) is 48.7 Å². The highest BCUT2D eigenvalue weighted by Gasteiger charge is 2.19. The molecule has 1 aromatic heterocycles. The van der Waals surface area contributed by atoms with Gasteiger partial charge < -0.3 is 24.1 Å². The number of benzene rings is 2. The number of carbonyl (C=O) groups is 2. The van der Waals surface area contributed by atoms with Crippen molar-refractivity contribution in [1.29, 1.82) is 0 Å². The van der Waals surface area contributed by atoms with Gasteiger partial charge in [-0.15, -0.1) is 0 Å². The second-order valence-electron chi connectivity index (χ2n) is 8.14. The number of nitrogens with zero attached hydrogens (tertiary/aromatic N) is 1. The van der Waals surface area contributed by atoms with Crippen LogP contribution in [0.5, 0.6) is 17.2 Å². The molecule has 1 aliphatic rings. The SMILES string of the molecule is COc1cc2c(cc1CNC(=O)Cn1cc(C(=O)C(C)C)c3ccccc31)OCCCO2. The molecule has 0 saturated heterocycles. The fraction of sp³-hybridized carbons (Fsp3) is 0.360. The van der Waals surface area contributed by atoms with Crippen molar-refractivity contribution in [2.45, 2.75) is 33.4 Å². The van der Waals surface area contributed by atoms with Crippen molar-refractivity contribution in [2.75, 3.05) is 20.3 Å². The maximum atomic E-state index is 12.8. The van der Waals surface area contributed by atoms with E-state index in [0.29, 0.717) is 36.0 Å². The van der Waals surface area contributed by atoms with Crippen molar-refractivity contribution in [3.63, 3.8) is 0 Å². The predicted molar refractivity (Wildman–Crippen MR) is 122 cm³/mol. The highest BCUT2D eigenvalue weighted by molar-refractivity contribution is 6.09. The summed E-state index contributed by atoms with van der Waals surface area (Å²) in [4.78, 5) is 25.4. The Morgan fingerprint density at radius 3 is 2.56 bits per heavy atom. The fourth-order valence-electron chi connectivity index (χ4n) is 3.85.